The molecule has 2 aliphatic rings. The third-order valence-electron chi connectivity index (χ3n) is 6.52. The SMILES string of the molecule is O=C1c2ncc(Br)cc2CCc2cc(Cl)cc(Cl)c21.OC1c2ncc(Br)cc2CCc2cc(Cl)cc(Cl)c21. The second kappa shape index (κ2) is 11.5. The van der Waals surface area contributed by atoms with E-state index in [-0.39, 0.29) is 5.78 Å². The highest BCUT2D eigenvalue weighted by Gasteiger charge is 2.27. The Balaban J connectivity index is 0.000000155. The fraction of sp³-hybridized carbons (Fsp3) is 0.179. The summed E-state index contributed by atoms with van der Waals surface area (Å²) in [4.78, 5) is 21.1. The molecule has 4 nitrogen and oxygen atoms in total. The van der Waals surface area contributed by atoms with E-state index in [4.69, 9.17) is 46.4 Å². The van der Waals surface area contributed by atoms with Crippen LogP contribution < -0.4 is 0 Å². The number of hydrogen-bond acceptors (Lipinski definition) is 4. The third-order valence-corrected chi connectivity index (χ3v) is 8.43. The van der Waals surface area contributed by atoms with E-state index in [2.05, 4.69) is 41.8 Å². The second-order valence-corrected chi connectivity index (χ2v) is 12.5. The lowest BCUT2D eigenvalue weighted by molar-refractivity contribution is 0.103. The number of aliphatic hydroxyl groups is 1. The number of carbonyl (C=O) groups excluding carboxylic acids is 1. The van der Waals surface area contributed by atoms with Crippen LogP contribution in [0, 0.1) is 0 Å². The van der Waals surface area contributed by atoms with E-state index in [0.717, 1.165) is 62.4 Å². The summed E-state index contributed by atoms with van der Waals surface area (Å²) in [6.07, 6.45) is 5.59. The molecule has 0 fully saturated rings. The zero-order valence-electron chi connectivity index (χ0n) is 19.5. The molecule has 1 atom stereocenters. The van der Waals surface area contributed by atoms with Crippen molar-refractivity contribution in [1.29, 1.82) is 0 Å². The first-order valence-electron chi connectivity index (χ1n) is 11.6. The topological polar surface area (TPSA) is 63.1 Å². The number of aromatic nitrogens is 2. The number of fused-ring (bicyclic) bond motifs is 4. The number of nitrogens with zero attached hydrogens (tertiary/aromatic N) is 2. The summed E-state index contributed by atoms with van der Waals surface area (Å²) < 4.78 is 1.78. The van der Waals surface area contributed by atoms with Gasteiger partial charge in [-0.3, -0.25) is 14.8 Å². The standard InChI is InChI=1S/C14H10BrCl2NO.C14H8BrCl2NO/c2*15-9-3-8-2-1-7-4-10(16)5-11(17)12(7)14(19)13(8)18-6-9/h3-6,14,19H,1-2H2;3-6H,1-2H2. The van der Waals surface area contributed by atoms with Gasteiger partial charge in [0.2, 0.25) is 5.78 Å². The fourth-order valence-electron chi connectivity index (χ4n) is 4.84. The van der Waals surface area contributed by atoms with Gasteiger partial charge in [-0.1, -0.05) is 46.4 Å². The van der Waals surface area contributed by atoms with Crippen LogP contribution in [0.5, 0.6) is 0 Å². The van der Waals surface area contributed by atoms with Gasteiger partial charge in [0.25, 0.3) is 0 Å². The number of aryl methyl sites for hydroxylation is 4. The maximum atomic E-state index is 12.6. The Morgan fingerprint density at radius 3 is 2.00 bits per heavy atom. The molecule has 0 amide bonds. The van der Waals surface area contributed by atoms with Gasteiger partial charge in [0.05, 0.1) is 10.7 Å². The largest absolute Gasteiger partial charge is 0.382 e. The molecule has 1 unspecified atom stereocenters. The molecule has 4 aromatic rings. The van der Waals surface area contributed by atoms with Gasteiger partial charge in [0.15, 0.2) is 0 Å². The van der Waals surface area contributed by atoms with Crippen molar-refractivity contribution in [3.05, 3.63) is 123 Å². The molecule has 2 heterocycles. The van der Waals surface area contributed by atoms with Gasteiger partial charge >= 0.3 is 0 Å². The third kappa shape index (κ3) is 5.68. The summed E-state index contributed by atoms with van der Waals surface area (Å²) in [5.74, 6) is -0.128. The van der Waals surface area contributed by atoms with Gasteiger partial charge < -0.3 is 5.11 Å². The summed E-state index contributed by atoms with van der Waals surface area (Å²) >= 11 is 31.2. The molecule has 2 aromatic heterocycles. The Morgan fingerprint density at radius 1 is 0.711 bits per heavy atom. The highest BCUT2D eigenvalue weighted by molar-refractivity contribution is 9.10. The highest BCUT2D eigenvalue weighted by Crippen LogP contribution is 2.38. The molecule has 0 radical (unpaired) electrons. The second-order valence-electron chi connectivity index (χ2n) is 8.97. The van der Waals surface area contributed by atoms with Crippen molar-refractivity contribution in [3.63, 3.8) is 0 Å². The van der Waals surface area contributed by atoms with Crippen LogP contribution in [-0.2, 0) is 25.7 Å². The van der Waals surface area contributed by atoms with Gasteiger partial charge in [-0.15, -0.1) is 0 Å². The molecule has 0 bridgehead atoms. The number of pyridine rings is 2. The lowest BCUT2D eigenvalue weighted by Crippen LogP contribution is -2.07. The molecule has 1 N–H and O–H groups in total. The molecular formula is C28H18Br2Cl4N2O2. The smallest absolute Gasteiger partial charge is 0.213 e. The van der Waals surface area contributed by atoms with Crippen molar-refractivity contribution >= 4 is 84.0 Å². The van der Waals surface area contributed by atoms with Crippen LogP contribution in [0.25, 0.3) is 0 Å². The minimum absolute atomic E-state index is 0.128. The highest BCUT2D eigenvalue weighted by atomic mass is 79.9. The van der Waals surface area contributed by atoms with Crippen molar-refractivity contribution in [2.75, 3.05) is 0 Å². The minimum Gasteiger partial charge on any atom is -0.382 e. The van der Waals surface area contributed by atoms with E-state index in [1.54, 1.807) is 24.5 Å². The number of ketones is 1. The number of carbonyl (C=O) groups is 1. The Bertz CT molecular complexity index is 1600. The van der Waals surface area contributed by atoms with Crippen LogP contribution in [-0.4, -0.2) is 20.9 Å². The van der Waals surface area contributed by atoms with Gasteiger partial charge in [-0.25, -0.2) is 0 Å². The molecule has 10 heteroatoms. The summed E-state index contributed by atoms with van der Waals surface area (Å²) in [6.45, 7) is 0. The van der Waals surface area contributed by atoms with Crippen LogP contribution in [0.3, 0.4) is 0 Å². The Hall–Kier alpha value is -1.51. The number of hydrogen-bond donors (Lipinski definition) is 1. The van der Waals surface area contributed by atoms with Crippen molar-refractivity contribution in [3.8, 4) is 0 Å². The number of benzene rings is 2. The van der Waals surface area contributed by atoms with Crippen molar-refractivity contribution in [2.45, 2.75) is 31.8 Å². The van der Waals surface area contributed by atoms with E-state index in [1.807, 2.05) is 24.3 Å². The predicted octanol–water partition coefficient (Wildman–Crippen LogP) is 8.81. The number of aliphatic hydroxyl groups excluding tert-OH is 1. The summed E-state index contributed by atoms with van der Waals surface area (Å²) in [5.41, 5.74) is 6.24. The zero-order valence-corrected chi connectivity index (χ0v) is 25.7. The molecule has 0 saturated heterocycles. The molecule has 38 heavy (non-hydrogen) atoms. The molecule has 0 spiro atoms. The van der Waals surface area contributed by atoms with E-state index in [9.17, 15) is 9.90 Å². The Morgan fingerprint density at radius 2 is 1.26 bits per heavy atom. The van der Waals surface area contributed by atoms with E-state index in [1.165, 1.54) is 0 Å². The van der Waals surface area contributed by atoms with Crippen LogP contribution in [0.15, 0.2) is 57.7 Å². The molecular weight excluding hydrogens is 698 g/mol. The van der Waals surface area contributed by atoms with Crippen LogP contribution >= 0.6 is 78.3 Å². The number of halogens is 6. The fourth-order valence-corrected chi connectivity index (χ4v) is 6.86. The Labute approximate surface area is 256 Å². The van der Waals surface area contributed by atoms with E-state index in [0.29, 0.717) is 37.0 Å². The van der Waals surface area contributed by atoms with E-state index >= 15 is 0 Å². The van der Waals surface area contributed by atoms with Crippen molar-refractivity contribution < 1.29 is 9.90 Å². The van der Waals surface area contributed by atoms with Crippen LogP contribution in [0.4, 0.5) is 0 Å². The van der Waals surface area contributed by atoms with Crippen LogP contribution in [0.1, 0.15) is 55.7 Å². The van der Waals surface area contributed by atoms with Crippen LogP contribution in [0.2, 0.25) is 20.1 Å². The van der Waals surface area contributed by atoms with Crippen molar-refractivity contribution in [2.24, 2.45) is 0 Å². The first-order chi connectivity index (χ1) is 18.1. The quantitative estimate of drug-likeness (QED) is 0.198. The maximum absolute atomic E-state index is 12.6. The molecule has 0 saturated carbocycles. The maximum Gasteiger partial charge on any atom is 0.213 e. The minimum atomic E-state index is -0.801. The van der Waals surface area contributed by atoms with E-state index < -0.39 is 6.10 Å². The molecule has 2 aliphatic carbocycles. The molecule has 0 aliphatic heterocycles. The monoisotopic (exact) mass is 712 g/mol. The van der Waals surface area contributed by atoms with Gasteiger partial charge in [0, 0.05) is 47.5 Å². The van der Waals surface area contributed by atoms with Crippen molar-refractivity contribution in [1.82, 2.24) is 9.97 Å². The average Bonchev–Trinajstić information content (AvgIpc) is 3.07. The normalized spacial score (nSPS) is 15.7. The van der Waals surface area contributed by atoms with Gasteiger partial charge in [-0.05, 0) is 116 Å². The molecule has 6 rings (SSSR count). The lowest BCUT2D eigenvalue weighted by atomic mass is 10.0. The van der Waals surface area contributed by atoms with Gasteiger partial charge in [0.1, 0.15) is 11.8 Å². The first kappa shape index (κ1) is 28.0. The molecule has 2 aromatic carbocycles. The summed E-state index contributed by atoms with van der Waals surface area (Å²) in [7, 11) is 0. The molecule has 194 valence electrons. The lowest BCUT2D eigenvalue weighted by Gasteiger charge is -2.15. The number of rotatable bonds is 0. The Kier molecular flexibility index (Phi) is 8.51. The summed E-state index contributed by atoms with van der Waals surface area (Å²) in [5, 5.41) is 12.6. The predicted molar refractivity (Wildman–Crippen MR) is 159 cm³/mol. The summed E-state index contributed by atoms with van der Waals surface area (Å²) in [6, 6.07) is 10.9. The first-order valence-corrected chi connectivity index (χ1v) is 14.7. The van der Waals surface area contributed by atoms with Gasteiger partial charge in [-0.2, -0.15) is 0 Å². The average molecular weight is 716 g/mol. The zero-order chi connectivity index (χ0) is 27.1.